The van der Waals surface area contributed by atoms with E-state index in [4.69, 9.17) is 0 Å². The number of rotatable bonds is 7. The number of aromatic nitrogens is 4. The molecule has 0 spiro atoms. The predicted molar refractivity (Wildman–Crippen MR) is 255 cm³/mol. The molecule has 0 aliphatic rings. The van der Waals surface area contributed by atoms with Crippen molar-refractivity contribution in [2.24, 2.45) is 0 Å². The summed E-state index contributed by atoms with van der Waals surface area (Å²) in [5, 5.41) is 8.67. The highest BCUT2D eigenvalue weighted by molar-refractivity contribution is 6.26. The minimum Gasteiger partial charge on any atom is -0.313 e. The van der Waals surface area contributed by atoms with E-state index in [1.165, 1.54) is 76.5 Å². The molecule has 0 bridgehead atoms. The maximum absolute atomic E-state index is 3.97. The Kier molecular flexibility index (Phi) is 7.63. The maximum Gasteiger partial charge on any atom is 0.0641 e. The topological polar surface area (TPSA) is 19.7 Å². The van der Waals surface area contributed by atoms with Gasteiger partial charge in [0, 0.05) is 54.6 Å². The molecule has 0 unspecified atom stereocenters. The van der Waals surface area contributed by atoms with Crippen molar-refractivity contribution in [2.75, 3.05) is 0 Å². The lowest BCUT2D eigenvalue weighted by Gasteiger charge is -2.18. The smallest absolute Gasteiger partial charge is 0.0641 e. The first kappa shape index (κ1) is 34.2. The number of benzene rings is 8. The fourth-order valence-corrected chi connectivity index (χ4v) is 10.0. The second-order valence-corrected chi connectivity index (χ2v) is 15.8. The number of allylic oxidation sites excluding steroid dienone is 2. The Morgan fingerprint density at radius 3 is 1.45 bits per heavy atom. The van der Waals surface area contributed by atoms with E-state index in [1.54, 1.807) is 0 Å². The molecule has 4 heteroatoms. The average molecular weight is 769 g/mol. The van der Waals surface area contributed by atoms with Crippen LogP contribution >= 0.6 is 0 Å². The quantitative estimate of drug-likeness (QED) is 0.144. The number of fused-ring (bicyclic) bond motifs is 11. The predicted octanol–water partition coefficient (Wildman–Crippen LogP) is 14.8. The monoisotopic (exact) mass is 768 g/mol. The Hall–Kier alpha value is -7.82. The van der Waals surface area contributed by atoms with Gasteiger partial charge in [0.1, 0.15) is 0 Å². The molecule has 4 nitrogen and oxygen atoms in total. The number of hydrogen-bond acceptors (Lipinski definition) is 0. The molecule has 12 aromatic rings. The average Bonchev–Trinajstić information content (AvgIpc) is 4.01. The Morgan fingerprint density at radius 1 is 0.400 bits per heavy atom. The lowest BCUT2D eigenvalue weighted by molar-refractivity contribution is 1.03. The van der Waals surface area contributed by atoms with Gasteiger partial charge in [0.05, 0.1) is 55.7 Å². The molecule has 0 N–H and O–H groups in total. The number of hydrogen-bond donors (Lipinski definition) is 0. The summed E-state index contributed by atoms with van der Waals surface area (Å²) in [6.45, 7) is 6.22. The summed E-state index contributed by atoms with van der Waals surface area (Å²) in [6.07, 6.45) is 7.24. The second kappa shape index (κ2) is 13.4. The molecule has 0 fully saturated rings. The summed E-state index contributed by atoms with van der Waals surface area (Å²) in [5.41, 5.74) is 15.2. The van der Waals surface area contributed by atoms with Crippen LogP contribution < -0.4 is 0 Å². The minimum atomic E-state index is 0.816. The van der Waals surface area contributed by atoms with Gasteiger partial charge in [-0.05, 0) is 80.1 Å². The Morgan fingerprint density at radius 2 is 0.850 bits per heavy atom. The van der Waals surface area contributed by atoms with E-state index in [2.05, 4.69) is 226 Å². The summed E-state index contributed by atoms with van der Waals surface area (Å²) in [4.78, 5) is 0. The SMILES string of the molecule is C=CC/C=C\c1c(C)n(-c2cc(-n3c4ccccc4c4ccccc43)cc(-n3c4ccccc4c4c3ccc3c5ccccc5n(-c5ccccc5)c34)c2)c2ccccc12. The highest BCUT2D eigenvalue weighted by Crippen LogP contribution is 2.43. The van der Waals surface area contributed by atoms with Crippen LogP contribution in [0.1, 0.15) is 17.7 Å². The third-order valence-electron chi connectivity index (χ3n) is 12.5. The fourth-order valence-electron chi connectivity index (χ4n) is 10.0. The molecule has 284 valence electrons. The van der Waals surface area contributed by atoms with Crippen molar-refractivity contribution >= 4 is 82.4 Å². The van der Waals surface area contributed by atoms with Crippen molar-refractivity contribution in [1.82, 2.24) is 18.3 Å². The number of para-hydroxylation sites is 6. The summed E-state index contributed by atoms with van der Waals surface area (Å²) < 4.78 is 9.84. The highest BCUT2D eigenvalue weighted by atomic mass is 15.1. The molecule has 60 heavy (non-hydrogen) atoms. The van der Waals surface area contributed by atoms with Gasteiger partial charge in [-0.1, -0.05) is 133 Å². The molecule has 0 aliphatic carbocycles. The Bertz CT molecular complexity index is 3660. The van der Waals surface area contributed by atoms with Crippen molar-refractivity contribution in [2.45, 2.75) is 13.3 Å². The van der Waals surface area contributed by atoms with Gasteiger partial charge in [0.2, 0.25) is 0 Å². The van der Waals surface area contributed by atoms with Gasteiger partial charge in [-0.2, -0.15) is 0 Å². The van der Waals surface area contributed by atoms with Gasteiger partial charge in [0.15, 0.2) is 0 Å². The molecule has 0 saturated carbocycles. The summed E-state index contributed by atoms with van der Waals surface area (Å²) >= 11 is 0. The van der Waals surface area contributed by atoms with E-state index in [-0.39, 0.29) is 0 Å². The first-order valence-corrected chi connectivity index (χ1v) is 20.7. The molecule has 0 aliphatic heterocycles. The molecule has 12 rings (SSSR count). The molecular formula is C56H40N4. The van der Waals surface area contributed by atoms with Crippen LogP contribution in [-0.4, -0.2) is 18.3 Å². The lowest BCUT2D eigenvalue weighted by Crippen LogP contribution is -2.04. The van der Waals surface area contributed by atoms with Gasteiger partial charge < -0.3 is 18.3 Å². The van der Waals surface area contributed by atoms with Gasteiger partial charge in [-0.25, -0.2) is 0 Å². The van der Waals surface area contributed by atoms with Crippen LogP contribution in [0.4, 0.5) is 0 Å². The van der Waals surface area contributed by atoms with Gasteiger partial charge in [0.25, 0.3) is 0 Å². The van der Waals surface area contributed by atoms with Crippen LogP contribution in [0, 0.1) is 6.92 Å². The zero-order chi connectivity index (χ0) is 39.9. The summed E-state index contributed by atoms with van der Waals surface area (Å²) in [7, 11) is 0. The van der Waals surface area contributed by atoms with Crippen molar-refractivity contribution in [1.29, 1.82) is 0 Å². The molecule has 0 amide bonds. The first-order valence-electron chi connectivity index (χ1n) is 20.7. The van der Waals surface area contributed by atoms with E-state index in [0.29, 0.717) is 0 Å². The van der Waals surface area contributed by atoms with Crippen LogP contribution in [-0.2, 0) is 0 Å². The van der Waals surface area contributed by atoms with E-state index in [1.807, 2.05) is 6.08 Å². The Balaban J connectivity index is 1.23. The lowest BCUT2D eigenvalue weighted by atomic mass is 10.1. The molecule has 8 aromatic carbocycles. The summed E-state index contributed by atoms with van der Waals surface area (Å²) in [5.74, 6) is 0. The van der Waals surface area contributed by atoms with Gasteiger partial charge in [-0.15, -0.1) is 6.58 Å². The molecule has 0 radical (unpaired) electrons. The molecule has 0 saturated heterocycles. The van der Waals surface area contributed by atoms with Crippen LogP contribution in [0.3, 0.4) is 0 Å². The highest BCUT2D eigenvalue weighted by Gasteiger charge is 2.23. The third kappa shape index (κ3) is 4.91. The van der Waals surface area contributed by atoms with E-state index in [9.17, 15) is 0 Å². The first-order chi connectivity index (χ1) is 29.7. The minimum absolute atomic E-state index is 0.816. The standard InChI is InChI=1S/C56H40N4/c1-3-4-6-21-42-37(2)57(49-27-14-9-22-43(42)49)39-34-40(58-50-28-15-10-23-44(50)45-24-11-16-29-51(45)58)36-41(35-39)59-53-31-18-13-26-48(53)55-54(59)33-32-47-46-25-12-17-30-52(46)60(56(47)55)38-19-7-5-8-20-38/h3,5-36H,1,4H2,2H3/b21-6-. The zero-order valence-corrected chi connectivity index (χ0v) is 33.3. The molecule has 4 heterocycles. The van der Waals surface area contributed by atoms with Crippen molar-refractivity contribution < 1.29 is 0 Å². The third-order valence-corrected chi connectivity index (χ3v) is 12.5. The Labute approximate surface area is 347 Å². The maximum atomic E-state index is 3.97. The van der Waals surface area contributed by atoms with Crippen LogP contribution in [0.2, 0.25) is 0 Å². The zero-order valence-electron chi connectivity index (χ0n) is 33.3. The molecule has 0 atom stereocenters. The van der Waals surface area contributed by atoms with E-state index in [0.717, 1.165) is 40.2 Å². The van der Waals surface area contributed by atoms with Crippen molar-refractivity contribution in [3.63, 3.8) is 0 Å². The van der Waals surface area contributed by atoms with Crippen LogP contribution in [0.25, 0.3) is 105 Å². The normalized spacial score (nSPS) is 12.2. The van der Waals surface area contributed by atoms with Gasteiger partial charge in [-0.3, -0.25) is 0 Å². The van der Waals surface area contributed by atoms with Crippen LogP contribution in [0.15, 0.2) is 201 Å². The van der Waals surface area contributed by atoms with E-state index >= 15 is 0 Å². The van der Waals surface area contributed by atoms with Crippen LogP contribution in [0.5, 0.6) is 0 Å². The molecule has 4 aromatic heterocycles. The number of nitrogens with zero attached hydrogens (tertiary/aromatic N) is 4. The fraction of sp³-hybridized carbons (Fsp3) is 0.0357. The largest absolute Gasteiger partial charge is 0.313 e. The molecular weight excluding hydrogens is 729 g/mol. The second-order valence-electron chi connectivity index (χ2n) is 15.8. The summed E-state index contributed by atoms with van der Waals surface area (Å²) in [6, 6.07) is 66.7. The van der Waals surface area contributed by atoms with Crippen molar-refractivity contribution in [3.05, 3.63) is 212 Å². The van der Waals surface area contributed by atoms with Crippen molar-refractivity contribution in [3.8, 4) is 22.7 Å². The van der Waals surface area contributed by atoms with Gasteiger partial charge >= 0.3 is 0 Å². The van der Waals surface area contributed by atoms with E-state index < -0.39 is 0 Å².